The van der Waals surface area contributed by atoms with E-state index in [2.05, 4.69) is 5.32 Å². The quantitative estimate of drug-likeness (QED) is 0.239. The summed E-state index contributed by atoms with van der Waals surface area (Å²) < 4.78 is 12.2. The third kappa shape index (κ3) is 5.21. The van der Waals surface area contributed by atoms with Crippen molar-refractivity contribution in [2.75, 3.05) is 5.32 Å². The Balaban J connectivity index is 1.64. The van der Waals surface area contributed by atoms with Gasteiger partial charge in [0, 0.05) is 23.8 Å². The largest absolute Gasteiger partial charge is 0.457 e. The summed E-state index contributed by atoms with van der Waals surface area (Å²) in [5, 5.41) is 13.7. The van der Waals surface area contributed by atoms with Crippen molar-refractivity contribution in [2.45, 2.75) is 13.8 Å². The number of rotatable bonds is 7. The zero-order chi connectivity index (χ0) is 24.1. The lowest BCUT2D eigenvalue weighted by Gasteiger charge is -2.16. The van der Waals surface area contributed by atoms with Gasteiger partial charge >= 0.3 is 0 Å². The second-order valence-corrected chi connectivity index (χ2v) is 7.65. The van der Waals surface area contributed by atoms with Crippen LogP contribution in [0.3, 0.4) is 0 Å². The minimum absolute atomic E-state index is 0.0853. The van der Waals surface area contributed by atoms with Crippen LogP contribution in [0, 0.1) is 24.0 Å². The average Bonchev–Trinajstić information content (AvgIpc) is 2.83. The number of benzene rings is 4. The molecule has 0 aliphatic heterocycles. The molecule has 0 fully saturated rings. The number of hydrogen-bond donors (Lipinski definition) is 1. The molecule has 0 unspecified atom stereocenters. The molecule has 0 saturated carbocycles. The maximum atomic E-state index is 12.8. The van der Waals surface area contributed by atoms with E-state index in [0.29, 0.717) is 28.7 Å². The highest BCUT2D eigenvalue weighted by atomic mass is 16.6. The molecule has 4 aromatic rings. The molecule has 0 aliphatic carbocycles. The molecular formula is C27H22N2O5. The van der Waals surface area contributed by atoms with Gasteiger partial charge in [-0.25, -0.2) is 0 Å². The number of hydrogen-bond acceptors (Lipinski definition) is 5. The number of aryl methyl sites for hydroxylation is 2. The standard InChI is InChI=1S/C27H22N2O5/c1-18-7-3-5-9-24(18)33-22-15-16-23(26(17-22)34-25-10-6-4-8-19(25)2)28-27(30)20-11-13-21(14-12-20)29(31)32/h3-17H,1-2H3,(H,28,30). The Morgan fingerprint density at radius 3 is 1.94 bits per heavy atom. The normalized spacial score (nSPS) is 10.4. The molecule has 0 aromatic heterocycles. The van der Waals surface area contributed by atoms with E-state index in [1.807, 2.05) is 62.4 Å². The number of anilines is 1. The van der Waals surface area contributed by atoms with Crippen molar-refractivity contribution < 1.29 is 19.2 Å². The van der Waals surface area contributed by atoms with Gasteiger partial charge in [0.1, 0.15) is 17.2 Å². The van der Waals surface area contributed by atoms with Crippen LogP contribution in [-0.2, 0) is 0 Å². The molecular weight excluding hydrogens is 432 g/mol. The first-order valence-corrected chi connectivity index (χ1v) is 10.6. The van der Waals surface area contributed by atoms with Gasteiger partial charge < -0.3 is 14.8 Å². The highest BCUT2D eigenvalue weighted by Crippen LogP contribution is 2.36. The van der Waals surface area contributed by atoms with Gasteiger partial charge in [0.25, 0.3) is 11.6 Å². The second-order valence-electron chi connectivity index (χ2n) is 7.65. The van der Waals surface area contributed by atoms with Crippen molar-refractivity contribution in [1.29, 1.82) is 0 Å². The third-order valence-electron chi connectivity index (χ3n) is 5.18. The van der Waals surface area contributed by atoms with Gasteiger partial charge in [-0.3, -0.25) is 14.9 Å². The molecule has 34 heavy (non-hydrogen) atoms. The minimum Gasteiger partial charge on any atom is -0.457 e. The van der Waals surface area contributed by atoms with Crippen LogP contribution in [0.2, 0.25) is 0 Å². The topological polar surface area (TPSA) is 90.7 Å². The van der Waals surface area contributed by atoms with Crippen LogP contribution in [0.5, 0.6) is 23.0 Å². The maximum absolute atomic E-state index is 12.8. The van der Waals surface area contributed by atoms with Crippen LogP contribution in [0.25, 0.3) is 0 Å². The van der Waals surface area contributed by atoms with E-state index in [4.69, 9.17) is 9.47 Å². The molecule has 7 nitrogen and oxygen atoms in total. The van der Waals surface area contributed by atoms with E-state index in [9.17, 15) is 14.9 Å². The number of nitrogens with one attached hydrogen (secondary N) is 1. The number of nitro groups is 1. The molecule has 0 aliphatic rings. The Labute approximate surface area is 196 Å². The van der Waals surface area contributed by atoms with Gasteiger partial charge in [-0.1, -0.05) is 36.4 Å². The molecule has 4 aromatic carbocycles. The van der Waals surface area contributed by atoms with Gasteiger partial charge in [0.05, 0.1) is 10.6 Å². The molecule has 1 amide bonds. The highest BCUT2D eigenvalue weighted by Gasteiger charge is 2.15. The van der Waals surface area contributed by atoms with Crippen LogP contribution in [0.15, 0.2) is 91.0 Å². The third-order valence-corrected chi connectivity index (χ3v) is 5.18. The number of ether oxygens (including phenoxy) is 2. The molecule has 0 heterocycles. The fourth-order valence-corrected chi connectivity index (χ4v) is 3.27. The van der Waals surface area contributed by atoms with Crippen LogP contribution >= 0.6 is 0 Å². The van der Waals surface area contributed by atoms with Crippen molar-refractivity contribution >= 4 is 17.3 Å². The van der Waals surface area contributed by atoms with E-state index in [-0.39, 0.29) is 11.3 Å². The van der Waals surface area contributed by atoms with E-state index in [0.717, 1.165) is 11.1 Å². The summed E-state index contributed by atoms with van der Waals surface area (Å²) in [7, 11) is 0. The van der Waals surface area contributed by atoms with E-state index in [1.54, 1.807) is 18.2 Å². The summed E-state index contributed by atoms with van der Waals surface area (Å²) in [6.45, 7) is 3.89. The molecule has 0 saturated heterocycles. The molecule has 1 N–H and O–H groups in total. The number of nitro benzene ring substituents is 1. The number of carbonyl (C=O) groups excluding carboxylic acids is 1. The summed E-state index contributed by atoms with van der Waals surface area (Å²) >= 11 is 0. The van der Waals surface area contributed by atoms with E-state index < -0.39 is 10.8 Å². The minimum atomic E-state index is -0.511. The first kappa shape index (κ1) is 22.5. The number of carbonyl (C=O) groups is 1. The van der Waals surface area contributed by atoms with Gasteiger partial charge in [-0.2, -0.15) is 0 Å². The zero-order valence-corrected chi connectivity index (χ0v) is 18.6. The van der Waals surface area contributed by atoms with Crippen LogP contribution in [0.1, 0.15) is 21.5 Å². The predicted octanol–water partition coefficient (Wildman–Crippen LogP) is 7.05. The molecule has 170 valence electrons. The average molecular weight is 454 g/mol. The van der Waals surface area contributed by atoms with Crippen LogP contribution in [0.4, 0.5) is 11.4 Å². The lowest BCUT2D eigenvalue weighted by Crippen LogP contribution is -2.12. The van der Waals surface area contributed by atoms with Gasteiger partial charge in [0.15, 0.2) is 5.75 Å². The lowest BCUT2D eigenvalue weighted by atomic mass is 10.2. The maximum Gasteiger partial charge on any atom is 0.269 e. The number of para-hydroxylation sites is 2. The van der Waals surface area contributed by atoms with Crippen molar-refractivity contribution in [3.8, 4) is 23.0 Å². The summed E-state index contributed by atoms with van der Waals surface area (Å²) in [5.41, 5.74) is 2.55. The first-order valence-electron chi connectivity index (χ1n) is 10.6. The smallest absolute Gasteiger partial charge is 0.269 e. The van der Waals surface area contributed by atoms with Gasteiger partial charge in [-0.15, -0.1) is 0 Å². The number of nitrogens with zero attached hydrogens (tertiary/aromatic N) is 1. The Morgan fingerprint density at radius 2 is 1.35 bits per heavy atom. The van der Waals surface area contributed by atoms with E-state index in [1.165, 1.54) is 24.3 Å². The van der Waals surface area contributed by atoms with Gasteiger partial charge in [-0.05, 0) is 61.4 Å². The predicted molar refractivity (Wildman–Crippen MR) is 130 cm³/mol. The Hall–Kier alpha value is -4.65. The zero-order valence-electron chi connectivity index (χ0n) is 18.6. The Morgan fingerprint density at radius 1 is 0.765 bits per heavy atom. The lowest BCUT2D eigenvalue weighted by molar-refractivity contribution is -0.384. The molecule has 4 rings (SSSR count). The van der Waals surface area contributed by atoms with Crippen molar-refractivity contribution in [3.05, 3.63) is 118 Å². The molecule has 0 spiro atoms. The Kier molecular flexibility index (Phi) is 6.54. The molecule has 0 atom stereocenters. The van der Waals surface area contributed by atoms with Crippen LogP contribution < -0.4 is 14.8 Å². The van der Waals surface area contributed by atoms with Crippen molar-refractivity contribution in [3.63, 3.8) is 0 Å². The molecule has 0 radical (unpaired) electrons. The fraction of sp³-hybridized carbons (Fsp3) is 0.0741. The van der Waals surface area contributed by atoms with Gasteiger partial charge in [0.2, 0.25) is 0 Å². The second kappa shape index (κ2) is 9.87. The van der Waals surface area contributed by atoms with Crippen molar-refractivity contribution in [1.82, 2.24) is 0 Å². The monoisotopic (exact) mass is 454 g/mol. The van der Waals surface area contributed by atoms with E-state index >= 15 is 0 Å². The SMILES string of the molecule is Cc1ccccc1Oc1ccc(NC(=O)c2ccc([N+](=O)[O-])cc2)c(Oc2ccccc2C)c1. The van der Waals surface area contributed by atoms with Crippen LogP contribution in [-0.4, -0.2) is 10.8 Å². The van der Waals surface area contributed by atoms with Crippen molar-refractivity contribution in [2.24, 2.45) is 0 Å². The summed E-state index contributed by atoms with van der Waals surface area (Å²) in [6, 6.07) is 25.8. The highest BCUT2D eigenvalue weighted by molar-refractivity contribution is 6.05. The Bertz CT molecular complexity index is 1350. The fourth-order valence-electron chi connectivity index (χ4n) is 3.27. The first-order chi connectivity index (χ1) is 16.4. The molecule has 0 bridgehead atoms. The summed E-state index contributed by atoms with van der Waals surface area (Å²) in [4.78, 5) is 23.2. The number of non-ortho nitro benzene ring substituents is 1. The molecule has 7 heteroatoms. The summed E-state index contributed by atoms with van der Waals surface area (Å²) in [5.74, 6) is 1.88. The summed E-state index contributed by atoms with van der Waals surface area (Å²) in [6.07, 6.45) is 0. The number of amides is 1.